The molecule has 1 saturated carbocycles. The molecule has 0 radical (unpaired) electrons. The number of rotatable bonds is 6. The van der Waals surface area contributed by atoms with Gasteiger partial charge in [0, 0.05) is 18.8 Å². The third-order valence-corrected chi connectivity index (χ3v) is 3.68. The van der Waals surface area contributed by atoms with Gasteiger partial charge < -0.3 is 4.74 Å². The van der Waals surface area contributed by atoms with E-state index in [9.17, 15) is 9.59 Å². The van der Waals surface area contributed by atoms with Crippen molar-refractivity contribution < 1.29 is 14.3 Å². The van der Waals surface area contributed by atoms with E-state index in [-0.39, 0.29) is 11.9 Å². The van der Waals surface area contributed by atoms with Crippen molar-refractivity contribution >= 4 is 11.8 Å². The summed E-state index contributed by atoms with van der Waals surface area (Å²) < 4.78 is 4.94. The average Bonchev–Trinajstić information content (AvgIpc) is 2.51. The molecule has 0 heterocycles. The van der Waals surface area contributed by atoms with Crippen LogP contribution < -0.4 is 0 Å². The molecule has 3 nitrogen and oxygen atoms in total. The summed E-state index contributed by atoms with van der Waals surface area (Å²) in [7, 11) is 0. The van der Waals surface area contributed by atoms with Gasteiger partial charge in [-0.25, -0.2) is 0 Å². The summed E-state index contributed by atoms with van der Waals surface area (Å²) in [5, 5.41) is 0. The van der Waals surface area contributed by atoms with Crippen LogP contribution in [0, 0.1) is 11.8 Å². The lowest BCUT2D eigenvalue weighted by atomic mass is 9.82. The van der Waals surface area contributed by atoms with Crippen LogP contribution in [0.15, 0.2) is 12.7 Å². The Labute approximate surface area is 110 Å². The number of allylic oxidation sites excluding steroid dienone is 1. The predicted octanol–water partition coefficient (Wildman–Crippen LogP) is 3.28. The summed E-state index contributed by atoms with van der Waals surface area (Å²) in [6.45, 7) is 5.98. The van der Waals surface area contributed by atoms with E-state index < -0.39 is 0 Å². The van der Waals surface area contributed by atoms with E-state index in [1.54, 1.807) is 0 Å². The van der Waals surface area contributed by atoms with Crippen LogP contribution in [-0.4, -0.2) is 18.4 Å². The highest BCUT2D eigenvalue weighted by Crippen LogP contribution is 2.32. The molecule has 102 valence electrons. The first-order chi connectivity index (χ1) is 8.69. The second kappa shape index (κ2) is 8.06. The van der Waals surface area contributed by atoms with Gasteiger partial charge in [-0.15, -0.1) is 6.58 Å². The van der Waals surface area contributed by atoms with E-state index in [0.29, 0.717) is 31.1 Å². The van der Waals surface area contributed by atoms with Crippen molar-refractivity contribution in [2.24, 2.45) is 11.8 Å². The van der Waals surface area contributed by atoms with Crippen molar-refractivity contribution in [3.63, 3.8) is 0 Å². The minimum absolute atomic E-state index is 0.0689. The molecule has 1 aliphatic rings. The van der Waals surface area contributed by atoms with Gasteiger partial charge in [-0.05, 0) is 38.5 Å². The number of carbonyl (C=O) groups is 2. The average molecular weight is 252 g/mol. The molecule has 0 aromatic carbocycles. The van der Waals surface area contributed by atoms with Crippen LogP contribution in [0.4, 0.5) is 0 Å². The maximum absolute atomic E-state index is 12.0. The zero-order valence-electron chi connectivity index (χ0n) is 11.3. The molecule has 0 bridgehead atoms. The van der Waals surface area contributed by atoms with Crippen molar-refractivity contribution in [1.29, 1.82) is 0 Å². The SMILES string of the molecule is C=CC[C@@H]1C(=O)CCCC[C@H]1CCC(=O)OCC. The van der Waals surface area contributed by atoms with E-state index in [0.717, 1.165) is 32.1 Å². The molecular weight excluding hydrogens is 228 g/mol. The van der Waals surface area contributed by atoms with Gasteiger partial charge in [-0.2, -0.15) is 0 Å². The van der Waals surface area contributed by atoms with Crippen LogP contribution in [0.3, 0.4) is 0 Å². The lowest BCUT2D eigenvalue weighted by Gasteiger charge is -2.22. The number of Topliss-reactive ketones (excluding diaryl/α,β-unsaturated/α-hetero) is 1. The van der Waals surface area contributed by atoms with Crippen molar-refractivity contribution in [3.8, 4) is 0 Å². The van der Waals surface area contributed by atoms with Crippen molar-refractivity contribution in [3.05, 3.63) is 12.7 Å². The van der Waals surface area contributed by atoms with E-state index in [1.807, 2.05) is 13.0 Å². The van der Waals surface area contributed by atoms with Crippen LogP contribution >= 0.6 is 0 Å². The summed E-state index contributed by atoms with van der Waals surface area (Å²) in [5.41, 5.74) is 0. The first-order valence-corrected chi connectivity index (χ1v) is 6.98. The Balaban J connectivity index is 2.54. The van der Waals surface area contributed by atoms with E-state index in [1.165, 1.54) is 0 Å². The fourth-order valence-electron chi connectivity index (χ4n) is 2.74. The number of hydrogen-bond acceptors (Lipinski definition) is 3. The van der Waals surface area contributed by atoms with Gasteiger partial charge in [-0.1, -0.05) is 12.5 Å². The fraction of sp³-hybridized carbons (Fsp3) is 0.733. The Morgan fingerprint density at radius 2 is 2.28 bits per heavy atom. The monoisotopic (exact) mass is 252 g/mol. The van der Waals surface area contributed by atoms with E-state index in [2.05, 4.69) is 6.58 Å². The molecule has 18 heavy (non-hydrogen) atoms. The standard InChI is InChI=1S/C15H24O3/c1-3-7-13-12(8-5-6-9-14(13)16)10-11-15(17)18-4-2/h3,12-13H,1,4-11H2,2H3/t12-,13-/m0/s1. The molecule has 1 fully saturated rings. The van der Waals surface area contributed by atoms with Crippen LogP contribution in [0.1, 0.15) is 51.9 Å². The highest BCUT2D eigenvalue weighted by atomic mass is 16.5. The zero-order valence-corrected chi connectivity index (χ0v) is 11.3. The van der Waals surface area contributed by atoms with Gasteiger partial charge in [0.25, 0.3) is 0 Å². The molecule has 0 N–H and O–H groups in total. The third kappa shape index (κ3) is 4.63. The largest absolute Gasteiger partial charge is 0.466 e. The van der Waals surface area contributed by atoms with Gasteiger partial charge in [0.1, 0.15) is 5.78 Å². The Kier molecular flexibility index (Phi) is 6.69. The smallest absolute Gasteiger partial charge is 0.305 e. The quantitative estimate of drug-likeness (QED) is 0.414. The van der Waals surface area contributed by atoms with Crippen LogP contribution in [0.25, 0.3) is 0 Å². The van der Waals surface area contributed by atoms with Gasteiger partial charge in [0.05, 0.1) is 6.61 Å². The maximum atomic E-state index is 12.0. The lowest BCUT2D eigenvalue weighted by Crippen LogP contribution is -2.22. The van der Waals surface area contributed by atoms with Crippen molar-refractivity contribution in [2.75, 3.05) is 6.61 Å². The number of esters is 1. The first-order valence-electron chi connectivity index (χ1n) is 6.98. The highest BCUT2D eigenvalue weighted by Gasteiger charge is 2.29. The molecular formula is C15H24O3. The summed E-state index contributed by atoms with van der Waals surface area (Å²) in [4.78, 5) is 23.4. The number of ketones is 1. The van der Waals surface area contributed by atoms with Gasteiger partial charge in [-0.3, -0.25) is 9.59 Å². The third-order valence-electron chi connectivity index (χ3n) is 3.68. The molecule has 0 aromatic heterocycles. The second-order valence-corrected chi connectivity index (χ2v) is 4.95. The molecule has 0 spiro atoms. The van der Waals surface area contributed by atoms with Crippen LogP contribution in [-0.2, 0) is 14.3 Å². The molecule has 3 heteroatoms. The zero-order chi connectivity index (χ0) is 13.4. The topological polar surface area (TPSA) is 43.4 Å². The first kappa shape index (κ1) is 14.9. The minimum Gasteiger partial charge on any atom is -0.466 e. The van der Waals surface area contributed by atoms with Gasteiger partial charge in [0.15, 0.2) is 0 Å². The van der Waals surface area contributed by atoms with Crippen molar-refractivity contribution in [2.45, 2.75) is 51.9 Å². The molecule has 0 amide bonds. The second-order valence-electron chi connectivity index (χ2n) is 4.95. The molecule has 2 atom stereocenters. The Morgan fingerprint density at radius 1 is 1.50 bits per heavy atom. The summed E-state index contributed by atoms with van der Waals surface area (Å²) >= 11 is 0. The number of hydrogen-bond donors (Lipinski definition) is 0. The molecule has 0 aliphatic heterocycles. The minimum atomic E-state index is -0.147. The molecule has 1 aliphatic carbocycles. The Morgan fingerprint density at radius 3 is 2.94 bits per heavy atom. The Hall–Kier alpha value is -1.12. The lowest BCUT2D eigenvalue weighted by molar-refractivity contribution is -0.143. The normalized spacial score (nSPS) is 24.4. The van der Waals surface area contributed by atoms with Crippen molar-refractivity contribution in [1.82, 2.24) is 0 Å². The molecule has 1 rings (SSSR count). The predicted molar refractivity (Wildman–Crippen MR) is 71.1 cm³/mol. The van der Waals surface area contributed by atoms with E-state index >= 15 is 0 Å². The number of ether oxygens (including phenoxy) is 1. The molecule has 0 unspecified atom stereocenters. The highest BCUT2D eigenvalue weighted by molar-refractivity contribution is 5.81. The van der Waals surface area contributed by atoms with Gasteiger partial charge in [0.2, 0.25) is 0 Å². The van der Waals surface area contributed by atoms with Gasteiger partial charge >= 0.3 is 5.97 Å². The summed E-state index contributed by atoms with van der Waals surface area (Å²) in [6.07, 6.45) is 7.58. The Bertz CT molecular complexity index is 296. The summed E-state index contributed by atoms with van der Waals surface area (Å²) in [6, 6.07) is 0. The fourth-order valence-corrected chi connectivity index (χ4v) is 2.74. The summed E-state index contributed by atoms with van der Waals surface area (Å²) in [5.74, 6) is 0.592. The van der Waals surface area contributed by atoms with E-state index in [4.69, 9.17) is 4.74 Å². The van der Waals surface area contributed by atoms with Crippen LogP contribution in [0.2, 0.25) is 0 Å². The maximum Gasteiger partial charge on any atom is 0.305 e. The number of carbonyl (C=O) groups excluding carboxylic acids is 2. The molecule has 0 aromatic rings. The van der Waals surface area contributed by atoms with Crippen LogP contribution in [0.5, 0.6) is 0 Å². The molecule has 0 saturated heterocycles.